The number of esters is 1. The fourth-order valence-corrected chi connectivity index (χ4v) is 1.13. The number of carbonyl (C=O) groups is 2. The molecule has 1 N–H and O–H groups in total. The highest BCUT2D eigenvalue weighted by Gasteiger charge is 2.05. The van der Waals surface area contributed by atoms with Gasteiger partial charge >= 0.3 is 5.97 Å². The minimum absolute atomic E-state index is 0.0615. The van der Waals surface area contributed by atoms with Crippen LogP contribution in [0.4, 0.5) is 0 Å². The zero-order valence-corrected chi connectivity index (χ0v) is 9.57. The van der Waals surface area contributed by atoms with Crippen LogP contribution < -0.4 is 5.32 Å². The Labute approximate surface area is 99.4 Å². The van der Waals surface area contributed by atoms with Crippen molar-refractivity contribution in [2.75, 3.05) is 12.3 Å². The Morgan fingerprint density at radius 2 is 1.94 bits per heavy atom. The molecule has 86 valence electrons. The van der Waals surface area contributed by atoms with E-state index in [9.17, 15) is 9.59 Å². The average molecular weight is 239 g/mol. The summed E-state index contributed by atoms with van der Waals surface area (Å²) in [7, 11) is 0. The summed E-state index contributed by atoms with van der Waals surface area (Å²) >= 11 is 3.76. The molecular formula is C11H13NO3S. The summed E-state index contributed by atoms with van der Waals surface area (Å²) in [6.07, 6.45) is 0. The normalized spacial score (nSPS) is 9.56. The Hall–Kier alpha value is -1.49. The number of amides is 1. The van der Waals surface area contributed by atoms with Crippen molar-refractivity contribution in [3.8, 4) is 0 Å². The van der Waals surface area contributed by atoms with E-state index in [0.29, 0.717) is 0 Å². The first-order valence-electron chi connectivity index (χ1n) is 4.79. The van der Waals surface area contributed by atoms with Gasteiger partial charge in [-0.15, -0.1) is 0 Å². The summed E-state index contributed by atoms with van der Waals surface area (Å²) < 4.78 is 4.94. The van der Waals surface area contributed by atoms with E-state index >= 15 is 0 Å². The highest BCUT2D eigenvalue weighted by atomic mass is 32.1. The fraction of sp³-hybridized carbons (Fsp3) is 0.273. The monoisotopic (exact) mass is 239 g/mol. The minimum Gasteiger partial charge on any atom is -0.460 e. The molecule has 5 heteroatoms. The molecule has 1 aromatic carbocycles. The van der Waals surface area contributed by atoms with Crippen molar-refractivity contribution in [1.29, 1.82) is 0 Å². The number of ether oxygens (including phenoxy) is 1. The van der Waals surface area contributed by atoms with Crippen molar-refractivity contribution in [2.24, 2.45) is 0 Å². The van der Waals surface area contributed by atoms with Gasteiger partial charge in [-0.05, 0) is 5.56 Å². The van der Waals surface area contributed by atoms with Crippen LogP contribution in [0.5, 0.6) is 0 Å². The van der Waals surface area contributed by atoms with Crippen LogP contribution in [0.1, 0.15) is 5.56 Å². The highest BCUT2D eigenvalue weighted by Crippen LogP contribution is 2.00. The van der Waals surface area contributed by atoms with Crippen LogP contribution in [0.15, 0.2) is 30.3 Å². The van der Waals surface area contributed by atoms with Crippen molar-refractivity contribution in [3.05, 3.63) is 35.9 Å². The molecule has 0 radical (unpaired) electrons. The van der Waals surface area contributed by atoms with Gasteiger partial charge < -0.3 is 10.1 Å². The van der Waals surface area contributed by atoms with Crippen molar-refractivity contribution < 1.29 is 14.3 Å². The maximum Gasteiger partial charge on any atom is 0.325 e. The first-order valence-corrected chi connectivity index (χ1v) is 5.42. The molecule has 4 nitrogen and oxygen atoms in total. The highest BCUT2D eigenvalue weighted by molar-refractivity contribution is 7.81. The van der Waals surface area contributed by atoms with E-state index in [4.69, 9.17) is 4.74 Å². The Bertz CT molecular complexity index is 354. The summed E-state index contributed by atoms with van der Waals surface area (Å²) in [5.41, 5.74) is 0.913. The summed E-state index contributed by atoms with van der Waals surface area (Å²) in [5, 5.41) is 2.38. The van der Waals surface area contributed by atoms with Crippen LogP contribution in [0, 0.1) is 0 Å². The number of hydrogen-bond acceptors (Lipinski definition) is 4. The molecule has 0 unspecified atom stereocenters. The molecule has 1 aromatic rings. The van der Waals surface area contributed by atoms with E-state index in [1.54, 1.807) is 0 Å². The van der Waals surface area contributed by atoms with E-state index in [1.807, 2.05) is 30.3 Å². The second-order valence-corrected chi connectivity index (χ2v) is 3.40. The van der Waals surface area contributed by atoms with Crippen molar-refractivity contribution in [3.63, 3.8) is 0 Å². The lowest BCUT2D eigenvalue weighted by atomic mass is 10.2. The maximum atomic E-state index is 11.2. The molecule has 0 aliphatic heterocycles. The van der Waals surface area contributed by atoms with E-state index in [1.165, 1.54) is 0 Å². The van der Waals surface area contributed by atoms with E-state index in [0.717, 1.165) is 5.56 Å². The van der Waals surface area contributed by atoms with Crippen LogP contribution in [0.2, 0.25) is 0 Å². The van der Waals surface area contributed by atoms with Crippen LogP contribution in [0.25, 0.3) is 0 Å². The predicted octanol–water partition coefficient (Wildman–Crippen LogP) is 0.776. The lowest BCUT2D eigenvalue weighted by Crippen LogP contribution is -2.31. The van der Waals surface area contributed by atoms with Gasteiger partial charge in [0.25, 0.3) is 0 Å². The van der Waals surface area contributed by atoms with Gasteiger partial charge in [0, 0.05) is 0 Å². The molecular weight excluding hydrogens is 226 g/mol. The van der Waals surface area contributed by atoms with E-state index in [-0.39, 0.29) is 24.8 Å². The molecule has 0 aromatic heterocycles. The molecule has 16 heavy (non-hydrogen) atoms. The van der Waals surface area contributed by atoms with Crippen molar-refractivity contribution in [2.45, 2.75) is 6.61 Å². The van der Waals surface area contributed by atoms with Gasteiger partial charge in [-0.25, -0.2) is 0 Å². The fourth-order valence-electron chi connectivity index (χ4n) is 1.02. The molecule has 0 fully saturated rings. The molecule has 1 rings (SSSR count). The maximum absolute atomic E-state index is 11.2. The third-order valence-electron chi connectivity index (χ3n) is 1.82. The Balaban J connectivity index is 2.23. The Morgan fingerprint density at radius 3 is 2.56 bits per heavy atom. The van der Waals surface area contributed by atoms with Crippen molar-refractivity contribution in [1.82, 2.24) is 5.32 Å². The molecule has 0 saturated carbocycles. The standard InChI is InChI=1S/C11H13NO3S/c13-10(8-16)12-6-11(14)15-7-9-4-2-1-3-5-9/h1-5,16H,6-8H2,(H,12,13). The van der Waals surface area contributed by atoms with E-state index in [2.05, 4.69) is 17.9 Å². The largest absolute Gasteiger partial charge is 0.460 e. The van der Waals surface area contributed by atoms with E-state index < -0.39 is 5.97 Å². The number of nitrogens with one attached hydrogen (secondary N) is 1. The second-order valence-electron chi connectivity index (χ2n) is 3.08. The first kappa shape index (κ1) is 12.6. The van der Waals surface area contributed by atoms with Gasteiger partial charge in [0.2, 0.25) is 5.91 Å². The summed E-state index contributed by atoms with van der Waals surface area (Å²) in [5.74, 6) is -0.689. The quantitative estimate of drug-likeness (QED) is 0.589. The third kappa shape index (κ3) is 4.84. The third-order valence-corrected chi connectivity index (χ3v) is 2.10. The molecule has 0 heterocycles. The number of rotatable bonds is 5. The second kappa shape index (κ2) is 6.90. The zero-order valence-electron chi connectivity index (χ0n) is 8.68. The van der Waals surface area contributed by atoms with Gasteiger partial charge in [0.1, 0.15) is 13.2 Å². The van der Waals surface area contributed by atoms with Crippen LogP contribution in [-0.2, 0) is 20.9 Å². The van der Waals surface area contributed by atoms with Crippen LogP contribution in [0.3, 0.4) is 0 Å². The average Bonchev–Trinajstić information content (AvgIpc) is 2.34. The Kier molecular flexibility index (Phi) is 5.42. The lowest BCUT2D eigenvalue weighted by molar-refractivity contribution is -0.145. The van der Waals surface area contributed by atoms with Gasteiger partial charge in [-0.3, -0.25) is 9.59 Å². The predicted molar refractivity (Wildman–Crippen MR) is 63.1 cm³/mol. The molecule has 0 bridgehead atoms. The molecule has 0 aliphatic rings. The number of thiol groups is 1. The lowest BCUT2D eigenvalue weighted by Gasteiger charge is -2.05. The van der Waals surface area contributed by atoms with Gasteiger partial charge in [0.05, 0.1) is 5.75 Å². The van der Waals surface area contributed by atoms with Crippen LogP contribution in [-0.4, -0.2) is 24.2 Å². The molecule has 0 spiro atoms. The van der Waals surface area contributed by atoms with Gasteiger partial charge in [-0.2, -0.15) is 12.6 Å². The first-order chi connectivity index (χ1) is 7.72. The molecule has 1 amide bonds. The molecule has 0 saturated heterocycles. The van der Waals surface area contributed by atoms with Crippen LogP contribution >= 0.6 is 12.6 Å². The molecule has 0 aliphatic carbocycles. The topological polar surface area (TPSA) is 55.4 Å². The Morgan fingerprint density at radius 1 is 1.25 bits per heavy atom. The summed E-state index contributed by atoms with van der Waals surface area (Å²) in [4.78, 5) is 22.0. The minimum atomic E-state index is -0.459. The van der Waals surface area contributed by atoms with Gasteiger partial charge in [0.15, 0.2) is 0 Å². The van der Waals surface area contributed by atoms with Gasteiger partial charge in [-0.1, -0.05) is 30.3 Å². The van der Waals surface area contributed by atoms with Crippen molar-refractivity contribution >= 4 is 24.5 Å². The number of carbonyl (C=O) groups excluding carboxylic acids is 2. The number of hydrogen-bond donors (Lipinski definition) is 2. The number of benzene rings is 1. The summed E-state index contributed by atoms with van der Waals surface area (Å²) in [6, 6.07) is 9.34. The smallest absolute Gasteiger partial charge is 0.325 e. The molecule has 0 atom stereocenters. The SMILES string of the molecule is O=C(CS)NCC(=O)OCc1ccccc1. The zero-order chi connectivity index (χ0) is 11.8. The summed E-state index contributed by atoms with van der Waals surface area (Å²) in [6.45, 7) is 0.0998.